The first kappa shape index (κ1) is 21.6. The Bertz CT molecular complexity index is 1110. The number of benzene rings is 2. The van der Waals surface area contributed by atoms with Gasteiger partial charge in [0.05, 0.1) is 17.8 Å². The molecule has 3 rings (SSSR count). The number of nitrogens with zero attached hydrogens (tertiary/aromatic N) is 3. The lowest BCUT2D eigenvalue weighted by molar-refractivity contribution is -0.117. The first-order valence-corrected chi connectivity index (χ1v) is 9.65. The summed E-state index contributed by atoms with van der Waals surface area (Å²) < 4.78 is 6.43. The Hall–Kier alpha value is -3.10. The lowest BCUT2D eigenvalue weighted by Crippen LogP contribution is -2.21. The Morgan fingerprint density at radius 2 is 1.87 bits per heavy atom. The summed E-state index contributed by atoms with van der Waals surface area (Å²) >= 11 is 12.1. The van der Waals surface area contributed by atoms with Crippen molar-refractivity contribution < 1.29 is 14.3 Å². The van der Waals surface area contributed by atoms with Crippen molar-refractivity contribution in [3.63, 3.8) is 0 Å². The fraction of sp³-hybridized carbons (Fsp3) is 0.200. The van der Waals surface area contributed by atoms with E-state index in [1.165, 1.54) is 11.8 Å². The van der Waals surface area contributed by atoms with Crippen LogP contribution in [0.4, 0.5) is 11.4 Å². The van der Waals surface area contributed by atoms with E-state index in [-0.39, 0.29) is 18.1 Å². The van der Waals surface area contributed by atoms with E-state index < -0.39 is 5.91 Å². The highest BCUT2D eigenvalue weighted by Gasteiger charge is 2.19. The smallest absolute Gasteiger partial charge is 0.278 e. The Morgan fingerprint density at radius 3 is 2.57 bits per heavy atom. The average Bonchev–Trinajstić information content (AvgIpc) is 3.05. The summed E-state index contributed by atoms with van der Waals surface area (Å²) in [5.74, 6) is -0.277. The molecule has 0 unspecified atom stereocenters. The Balaban J connectivity index is 1.68. The number of methoxy groups -OCH3 is 1. The molecule has 0 atom stereocenters. The number of aromatic nitrogens is 3. The van der Waals surface area contributed by atoms with Crippen molar-refractivity contribution in [2.24, 2.45) is 0 Å². The number of carbonyl (C=O) groups excluding carboxylic acids is 2. The van der Waals surface area contributed by atoms with Crippen LogP contribution in [0.2, 0.25) is 10.0 Å². The molecule has 1 heterocycles. The summed E-state index contributed by atoms with van der Waals surface area (Å²) in [6, 6.07) is 10.1. The van der Waals surface area contributed by atoms with E-state index in [0.29, 0.717) is 32.9 Å². The standard InChI is InChI=1S/C20H19Cl2N5O3/c1-11-4-5-13(21)8-16(11)24-20(29)19-12(2)27(26-25-19)10-18(28)23-14-6-7-17(30-3)15(22)9-14/h4-9H,10H2,1-3H3,(H,23,28)(H,24,29). The average molecular weight is 448 g/mol. The van der Waals surface area contributed by atoms with Gasteiger partial charge < -0.3 is 15.4 Å². The number of amides is 2. The molecule has 3 aromatic rings. The lowest BCUT2D eigenvalue weighted by Gasteiger charge is -2.09. The van der Waals surface area contributed by atoms with Crippen LogP contribution in [0.3, 0.4) is 0 Å². The SMILES string of the molecule is COc1ccc(NC(=O)Cn2nnc(C(=O)Nc3cc(Cl)ccc3C)c2C)cc1Cl. The lowest BCUT2D eigenvalue weighted by atomic mass is 10.2. The van der Waals surface area contributed by atoms with Crippen molar-refractivity contribution in [3.05, 3.63) is 63.4 Å². The van der Waals surface area contributed by atoms with Crippen LogP contribution in [0.1, 0.15) is 21.7 Å². The fourth-order valence-corrected chi connectivity index (χ4v) is 3.14. The molecular weight excluding hydrogens is 429 g/mol. The first-order valence-electron chi connectivity index (χ1n) is 8.89. The summed E-state index contributed by atoms with van der Waals surface area (Å²) in [5.41, 5.74) is 2.52. The molecule has 8 nitrogen and oxygen atoms in total. The molecular formula is C20H19Cl2N5O3. The highest BCUT2D eigenvalue weighted by Crippen LogP contribution is 2.27. The molecule has 30 heavy (non-hydrogen) atoms. The van der Waals surface area contributed by atoms with Crippen molar-refractivity contribution in [1.82, 2.24) is 15.0 Å². The van der Waals surface area contributed by atoms with Gasteiger partial charge >= 0.3 is 0 Å². The Kier molecular flexibility index (Phi) is 6.59. The van der Waals surface area contributed by atoms with Crippen LogP contribution >= 0.6 is 23.2 Å². The number of anilines is 2. The summed E-state index contributed by atoms with van der Waals surface area (Å²) in [4.78, 5) is 25.0. The zero-order valence-electron chi connectivity index (χ0n) is 16.5. The molecule has 0 spiro atoms. The van der Waals surface area contributed by atoms with Gasteiger partial charge in [-0.2, -0.15) is 0 Å². The predicted molar refractivity (Wildman–Crippen MR) is 116 cm³/mol. The van der Waals surface area contributed by atoms with Crippen LogP contribution in [0.15, 0.2) is 36.4 Å². The Labute approximate surface area is 183 Å². The third-order valence-electron chi connectivity index (χ3n) is 4.37. The van der Waals surface area contributed by atoms with E-state index in [0.717, 1.165) is 5.56 Å². The topological polar surface area (TPSA) is 98.1 Å². The summed E-state index contributed by atoms with van der Waals surface area (Å²) in [7, 11) is 1.51. The molecule has 0 radical (unpaired) electrons. The summed E-state index contributed by atoms with van der Waals surface area (Å²) in [5, 5.41) is 14.2. The predicted octanol–water partition coefficient (Wildman–Crippen LogP) is 4.10. The minimum absolute atomic E-state index is 0.119. The number of nitrogens with one attached hydrogen (secondary N) is 2. The molecule has 0 aliphatic carbocycles. The van der Waals surface area contributed by atoms with Gasteiger partial charge in [-0.05, 0) is 49.7 Å². The highest BCUT2D eigenvalue weighted by molar-refractivity contribution is 6.32. The van der Waals surface area contributed by atoms with Crippen molar-refractivity contribution in [1.29, 1.82) is 0 Å². The second kappa shape index (κ2) is 9.15. The quantitative estimate of drug-likeness (QED) is 0.592. The van der Waals surface area contributed by atoms with Gasteiger partial charge in [0.1, 0.15) is 12.3 Å². The number of carbonyl (C=O) groups is 2. The van der Waals surface area contributed by atoms with Crippen LogP contribution in [0.5, 0.6) is 5.75 Å². The van der Waals surface area contributed by atoms with Crippen molar-refractivity contribution in [3.8, 4) is 5.75 Å². The van der Waals surface area contributed by atoms with E-state index >= 15 is 0 Å². The highest BCUT2D eigenvalue weighted by atomic mass is 35.5. The molecule has 156 valence electrons. The van der Waals surface area contributed by atoms with Gasteiger partial charge in [-0.1, -0.05) is 34.5 Å². The van der Waals surface area contributed by atoms with Crippen LogP contribution in [0.25, 0.3) is 0 Å². The number of halogens is 2. The number of aryl methyl sites for hydroxylation is 1. The summed E-state index contributed by atoms with van der Waals surface area (Å²) in [6.45, 7) is 3.40. The molecule has 0 aliphatic heterocycles. The van der Waals surface area contributed by atoms with E-state index in [1.807, 2.05) is 6.92 Å². The van der Waals surface area contributed by atoms with Crippen molar-refractivity contribution in [2.45, 2.75) is 20.4 Å². The summed E-state index contributed by atoms with van der Waals surface area (Å²) in [6.07, 6.45) is 0. The van der Waals surface area contributed by atoms with Gasteiger partial charge in [-0.3, -0.25) is 9.59 Å². The van der Waals surface area contributed by atoms with E-state index in [1.54, 1.807) is 43.3 Å². The molecule has 0 bridgehead atoms. The molecule has 1 aromatic heterocycles. The fourth-order valence-electron chi connectivity index (χ4n) is 2.71. The van der Waals surface area contributed by atoms with Gasteiger partial charge in [0.2, 0.25) is 5.91 Å². The normalized spacial score (nSPS) is 10.6. The largest absolute Gasteiger partial charge is 0.495 e. The second-order valence-corrected chi connectivity index (χ2v) is 7.34. The van der Waals surface area contributed by atoms with Crippen LogP contribution in [-0.4, -0.2) is 33.9 Å². The second-order valence-electron chi connectivity index (χ2n) is 6.49. The third-order valence-corrected chi connectivity index (χ3v) is 4.90. The van der Waals surface area contributed by atoms with Gasteiger partial charge in [0.15, 0.2) is 5.69 Å². The third kappa shape index (κ3) is 4.90. The van der Waals surface area contributed by atoms with Crippen molar-refractivity contribution >= 4 is 46.4 Å². The molecule has 2 N–H and O–H groups in total. The van der Waals surface area contributed by atoms with Gasteiger partial charge in [-0.25, -0.2) is 4.68 Å². The van der Waals surface area contributed by atoms with Crippen molar-refractivity contribution in [2.75, 3.05) is 17.7 Å². The molecule has 2 amide bonds. The zero-order valence-corrected chi connectivity index (χ0v) is 18.0. The Morgan fingerprint density at radius 1 is 1.10 bits per heavy atom. The molecule has 10 heteroatoms. The maximum atomic E-state index is 12.6. The number of ether oxygens (including phenoxy) is 1. The maximum absolute atomic E-state index is 12.6. The minimum Gasteiger partial charge on any atom is -0.495 e. The maximum Gasteiger partial charge on any atom is 0.278 e. The minimum atomic E-state index is -0.438. The zero-order chi connectivity index (χ0) is 21.8. The van der Waals surface area contributed by atoms with Gasteiger partial charge in [0, 0.05) is 16.4 Å². The molecule has 0 fully saturated rings. The molecule has 0 aliphatic rings. The monoisotopic (exact) mass is 447 g/mol. The van der Waals surface area contributed by atoms with Gasteiger partial charge in [0.25, 0.3) is 5.91 Å². The molecule has 0 saturated carbocycles. The van der Waals surface area contributed by atoms with E-state index in [2.05, 4.69) is 20.9 Å². The van der Waals surface area contributed by atoms with Crippen LogP contribution in [-0.2, 0) is 11.3 Å². The molecule has 2 aromatic carbocycles. The number of hydrogen-bond acceptors (Lipinski definition) is 5. The molecule has 0 saturated heterocycles. The number of rotatable bonds is 6. The van der Waals surface area contributed by atoms with Crippen LogP contribution in [0, 0.1) is 13.8 Å². The van der Waals surface area contributed by atoms with E-state index in [4.69, 9.17) is 27.9 Å². The van der Waals surface area contributed by atoms with Gasteiger partial charge in [-0.15, -0.1) is 5.10 Å². The number of hydrogen-bond donors (Lipinski definition) is 2. The first-order chi connectivity index (χ1) is 14.3. The van der Waals surface area contributed by atoms with E-state index in [9.17, 15) is 9.59 Å². The van der Waals surface area contributed by atoms with Crippen LogP contribution < -0.4 is 15.4 Å².